The summed E-state index contributed by atoms with van der Waals surface area (Å²) in [6.45, 7) is 7.64. The maximum atomic E-state index is 13.5. The average Bonchev–Trinajstić information content (AvgIpc) is 3.35. The lowest BCUT2D eigenvalue weighted by molar-refractivity contribution is -0.160. The SMILES string of the molecule is C[C@H](NC(=O)OCc1ccccc1)C(=O)N[C@@H](Cc1ccccc1)C(=O)CN1CCC[C@H]1C(=O)OC(C)(C)C. The fraction of sp³-hybridized carbons (Fsp3) is 0.467. The van der Waals surface area contributed by atoms with E-state index in [0.29, 0.717) is 13.0 Å². The zero-order chi connectivity index (χ0) is 28.4. The van der Waals surface area contributed by atoms with Crippen molar-refractivity contribution in [2.45, 2.75) is 77.3 Å². The second-order valence-electron chi connectivity index (χ2n) is 10.8. The standard InChI is InChI=1S/C30H39N3O6/c1-21(31-29(37)38-20-23-14-9-6-10-15-23)27(35)32-24(18-22-12-7-5-8-13-22)26(34)19-33-17-11-16-25(33)28(36)39-30(2,3)4/h5-10,12-15,21,24-25H,11,16-20H2,1-4H3,(H,31,37)(H,32,35)/t21-,24-,25-/m0/s1. The Bertz CT molecular complexity index is 1120. The van der Waals surface area contributed by atoms with E-state index in [4.69, 9.17) is 9.47 Å². The van der Waals surface area contributed by atoms with E-state index in [1.165, 1.54) is 6.92 Å². The Balaban J connectivity index is 1.62. The second kappa shape index (κ2) is 13.9. The van der Waals surface area contributed by atoms with Crippen LogP contribution in [0.1, 0.15) is 51.7 Å². The highest BCUT2D eigenvalue weighted by atomic mass is 16.6. The number of Topliss-reactive ketones (excluding diaryl/α,β-unsaturated/α-hetero) is 1. The number of alkyl carbamates (subject to hydrolysis) is 1. The van der Waals surface area contributed by atoms with Crippen LogP contribution in [-0.2, 0) is 36.9 Å². The summed E-state index contributed by atoms with van der Waals surface area (Å²) in [5.74, 6) is -1.07. The van der Waals surface area contributed by atoms with Gasteiger partial charge in [0.25, 0.3) is 0 Å². The summed E-state index contributed by atoms with van der Waals surface area (Å²) in [4.78, 5) is 53.3. The minimum absolute atomic E-state index is 0.00260. The molecule has 2 aromatic carbocycles. The van der Waals surface area contributed by atoms with Gasteiger partial charge in [-0.2, -0.15) is 0 Å². The van der Waals surface area contributed by atoms with Crippen LogP contribution in [0.5, 0.6) is 0 Å². The van der Waals surface area contributed by atoms with E-state index >= 15 is 0 Å². The van der Waals surface area contributed by atoms with Gasteiger partial charge in [0, 0.05) is 0 Å². The number of nitrogens with one attached hydrogen (secondary N) is 2. The van der Waals surface area contributed by atoms with Gasteiger partial charge in [-0.1, -0.05) is 60.7 Å². The molecule has 0 radical (unpaired) electrons. The van der Waals surface area contributed by atoms with Crippen LogP contribution in [0.25, 0.3) is 0 Å². The third kappa shape index (κ3) is 9.83. The van der Waals surface area contributed by atoms with Gasteiger partial charge in [0.15, 0.2) is 5.78 Å². The minimum atomic E-state index is -0.930. The summed E-state index contributed by atoms with van der Waals surface area (Å²) in [6, 6.07) is 16.3. The predicted octanol–water partition coefficient (Wildman–Crippen LogP) is 3.40. The molecule has 9 nitrogen and oxygen atoms in total. The van der Waals surface area contributed by atoms with Crippen LogP contribution >= 0.6 is 0 Å². The first-order valence-corrected chi connectivity index (χ1v) is 13.3. The third-order valence-electron chi connectivity index (χ3n) is 6.33. The lowest BCUT2D eigenvalue weighted by Gasteiger charge is -2.28. The fourth-order valence-electron chi connectivity index (χ4n) is 4.36. The highest BCUT2D eigenvalue weighted by molar-refractivity contribution is 5.93. The van der Waals surface area contributed by atoms with E-state index in [1.807, 2.05) is 86.3 Å². The number of likely N-dealkylation sites (tertiary alicyclic amines) is 1. The van der Waals surface area contributed by atoms with Crippen molar-refractivity contribution in [3.8, 4) is 0 Å². The van der Waals surface area contributed by atoms with Gasteiger partial charge in [-0.3, -0.25) is 19.3 Å². The van der Waals surface area contributed by atoms with Gasteiger partial charge >= 0.3 is 12.1 Å². The highest BCUT2D eigenvalue weighted by Gasteiger charge is 2.36. The molecule has 2 aromatic rings. The number of carbonyl (C=O) groups excluding carboxylic acids is 4. The number of benzene rings is 2. The van der Waals surface area contributed by atoms with Crippen molar-refractivity contribution in [2.24, 2.45) is 0 Å². The molecule has 2 N–H and O–H groups in total. The molecular formula is C30H39N3O6. The van der Waals surface area contributed by atoms with Gasteiger partial charge in [-0.15, -0.1) is 0 Å². The summed E-state index contributed by atoms with van der Waals surface area (Å²) in [7, 11) is 0. The minimum Gasteiger partial charge on any atom is -0.459 e. The molecule has 0 saturated carbocycles. The molecule has 3 atom stereocenters. The van der Waals surface area contributed by atoms with E-state index in [-0.39, 0.29) is 31.3 Å². The van der Waals surface area contributed by atoms with Gasteiger partial charge in [-0.05, 0) is 64.6 Å². The first-order valence-electron chi connectivity index (χ1n) is 13.3. The molecule has 39 heavy (non-hydrogen) atoms. The molecule has 3 rings (SSSR count). The number of hydrogen-bond acceptors (Lipinski definition) is 7. The number of nitrogens with zero attached hydrogens (tertiary/aromatic N) is 1. The number of ketones is 1. The maximum absolute atomic E-state index is 13.5. The van der Waals surface area contributed by atoms with Crippen LogP contribution in [0.4, 0.5) is 4.79 Å². The van der Waals surface area contributed by atoms with E-state index in [1.54, 1.807) is 0 Å². The largest absolute Gasteiger partial charge is 0.459 e. The Morgan fingerprint density at radius 2 is 1.56 bits per heavy atom. The number of hydrogen-bond donors (Lipinski definition) is 2. The quantitative estimate of drug-likeness (QED) is 0.422. The van der Waals surface area contributed by atoms with Crippen LogP contribution in [0, 0.1) is 0 Å². The normalized spacial score (nSPS) is 17.1. The van der Waals surface area contributed by atoms with Crippen LogP contribution in [0.2, 0.25) is 0 Å². The van der Waals surface area contributed by atoms with Gasteiger partial charge in [-0.25, -0.2) is 4.79 Å². The summed E-state index contributed by atoms with van der Waals surface area (Å²) >= 11 is 0. The molecule has 0 aliphatic carbocycles. The molecule has 1 heterocycles. The molecule has 1 saturated heterocycles. The molecule has 1 aliphatic rings. The van der Waals surface area contributed by atoms with Gasteiger partial charge in [0.1, 0.15) is 24.3 Å². The number of ether oxygens (including phenoxy) is 2. The molecule has 0 aromatic heterocycles. The number of amides is 2. The molecule has 9 heteroatoms. The van der Waals surface area contributed by atoms with Crippen LogP contribution in [0.15, 0.2) is 60.7 Å². The first-order chi connectivity index (χ1) is 18.5. The Morgan fingerprint density at radius 3 is 2.18 bits per heavy atom. The summed E-state index contributed by atoms with van der Waals surface area (Å²) in [5.41, 5.74) is 1.08. The summed E-state index contributed by atoms with van der Waals surface area (Å²) in [6.07, 6.45) is 0.939. The van der Waals surface area contributed by atoms with Crippen LogP contribution in [-0.4, -0.2) is 65.5 Å². The summed E-state index contributed by atoms with van der Waals surface area (Å²) in [5, 5.41) is 5.32. The van der Waals surface area contributed by atoms with Crippen molar-refractivity contribution >= 4 is 23.8 Å². The van der Waals surface area contributed by atoms with Crippen LogP contribution in [0.3, 0.4) is 0 Å². The Hall–Kier alpha value is -3.72. The van der Waals surface area contributed by atoms with E-state index < -0.39 is 35.7 Å². The second-order valence-corrected chi connectivity index (χ2v) is 10.8. The molecule has 0 unspecified atom stereocenters. The molecule has 0 bridgehead atoms. The van der Waals surface area contributed by atoms with Crippen molar-refractivity contribution in [3.05, 3.63) is 71.8 Å². The van der Waals surface area contributed by atoms with Gasteiger partial charge in [0.05, 0.1) is 12.6 Å². The maximum Gasteiger partial charge on any atom is 0.408 e. The fourth-order valence-corrected chi connectivity index (χ4v) is 4.36. The lowest BCUT2D eigenvalue weighted by atomic mass is 10.0. The third-order valence-corrected chi connectivity index (χ3v) is 6.33. The Labute approximate surface area is 230 Å². The molecule has 0 spiro atoms. The molecule has 210 valence electrons. The van der Waals surface area contributed by atoms with Crippen LogP contribution < -0.4 is 10.6 Å². The van der Waals surface area contributed by atoms with Crippen molar-refractivity contribution in [1.29, 1.82) is 0 Å². The zero-order valence-electron chi connectivity index (χ0n) is 23.1. The van der Waals surface area contributed by atoms with Gasteiger partial charge in [0.2, 0.25) is 5.91 Å². The van der Waals surface area contributed by atoms with Crippen molar-refractivity contribution in [3.63, 3.8) is 0 Å². The van der Waals surface area contributed by atoms with E-state index in [0.717, 1.165) is 17.5 Å². The first kappa shape index (κ1) is 29.8. The lowest BCUT2D eigenvalue weighted by Crippen LogP contribution is -2.53. The number of rotatable bonds is 11. The van der Waals surface area contributed by atoms with Gasteiger partial charge < -0.3 is 20.1 Å². The number of esters is 1. The molecule has 2 amide bonds. The highest BCUT2D eigenvalue weighted by Crippen LogP contribution is 2.21. The predicted molar refractivity (Wildman–Crippen MR) is 147 cm³/mol. The molecule has 1 fully saturated rings. The molecular weight excluding hydrogens is 498 g/mol. The molecule has 1 aliphatic heterocycles. The number of carbonyl (C=O) groups is 4. The average molecular weight is 538 g/mol. The van der Waals surface area contributed by atoms with Crippen molar-refractivity contribution < 1.29 is 28.7 Å². The zero-order valence-corrected chi connectivity index (χ0v) is 23.1. The topological polar surface area (TPSA) is 114 Å². The van der Waals surface area contributed by atoms with Crippen molar-refractivity contribution in [1.82, 2.24) is 15.5 Å². The monoisotopic (exact) mass is 537 g/mol. The smallest absolute Gasteiger partial charge is 0.408 e. The van der Waals surface area contributed by atoms with Crippen molar-refractivity contribution in [2.75, 3.05) is 13.1 Å². The van der Waals surface area contributed by atoms with E-state index in [2.05, 4.69) is 10.6 Å². The summed E-state index contributed by atoms with van der Waals surface area (Å²) < 4.78 is 10.8. The Morgan fingerprint density at radius 1 is 0.949 bits per heavy atom. The van der Waals surface area contributed by atoms with E-state index in [9.17, 15) is 19.2 Å². The Kier molecular flexibility index (Phi) is 10.6.